The van der Waals surface area contributed by atoms with E-state index in [1.807, 2.05) is 13.0 Å². The summed E-state index contributed by atoms with van der Waals surface area (Å²) in [4.78, 5) is 12.2. The molecule has 2 aromatic rings. The Bertz CT molecular complexity index is 668. The minimum absolute atomic E-state index is 0.133. The Balaban J connectivity index is 2.30. The number of halogens is 4. The van der Waals surface area contributed by atoms with Crippen molar-refractivity contribution in [2.24, 2.45) is 0 Å². The lowest BCUT2D eigenvalue weighted by atomic mass is 10.1. The van der Waals surface area contributed by atoms with E-state index in [-0.39, 0.29) is 16.0 Å². The summed E-state index contributed by atoms with van der Waals surface area (Å²) in [6, 6.07) is 8.09. The number of hydrogen-bond donors (Lipinski definition) is 1. The number of amides is 1. The molecule has 0 aliphatic rings. The summed E-state index contributed by atoms with van der Waals surface area (Å²) in [7, 11) is 0. The van der Waals surface area contributed by atoms with Gasteiger partial charge < -0.3 is 5.32 Å². The molecular formula is C14H9Cl2FINO. The molecule has 104 valence electrons. The molecule has 0 saturated heterocycles. The van der Waals surface area contributed by atoms with Crippen LogP contribution in [0.5, 0.6) is 0 Å². The average molecular weight is 424 g/mol. The molecule has 2 aromatic carbocycles. The van der Waals surface area contributed by atoms with E-state index in [0.717, 1.165) is 9.13 Å². The number of anilines is 1. The summed E-state index contributed by atoms with van der Waals surface area (Å²) < 4.78 is 14.2. The third kappa shape index (κ3) is 3.24. The second kappa shape index (κ2) is 6.28. The Kier molecular flexibility index (Phi) is 4.88. The zero-order valence-corrected chi connectivity index (χ0v) is 14.0. The Morgan fingerprint density at radius 2 is 1.85 bits per heavy atom. The number of nitrogens with one attached hydrogen (secondary N) is 1. The van der Waals surface area contributed by atoms with Gasteiger partial charge in [-0.1, -0.05) is 35.3 Å². The average Bonchev–Trinajstić information content (AvgIpc) is 2.39. The molecule has 0 heterocycles. The van der Waals surface area contributed by atoms with Gasteiger partial charge in [-0.05, 0) is 53.3 Å². The summed E-state index contributed by atoms with van der Waals surface area (Å²) in [5.41, 5.74) is 1.90. The lowest BCUT2D eigenvalue weighted by molar-refractivity contribution is 0.102. The molecule has 0 aromatic heterocycles. The number of carbonyl (C=O) groups excluding carboxylic acids is 1. The van der Waals surface area contributed by atoms with Gasteiger partial charge >= 0.3 is 0 Å². The lowest BCUT2D eigenvalue weighted by Gasteiger charge is -2.09. The van der Waals surface area contributed by atoms with Crippen LogP contribution in [0.25, 0.3) is 0 Å². The van der Waals surface area contributed by atoms with E-state index in [0.29, 0.717) is 11.3 Å². The smallest absolute Gasteiger partial charge is 0.256 e. The third-order valence-corrected chi connectivity index (χ3v) is 4.66. The van der Waals surface area contributed by atoms with Crippen molar-refractivity contribution < 1.29 is 9.18 Å². The Morgan fingerprint density at radius 1 is 1.25 bits per heavy atom. The van der Waals surface area contributed by atoms with Crippen LogP contribution in [0.2, 0.25) is 10.0 Å². The fraction of sp³-hybridized carbons (Fsp3) is 0.0714. The fourth-order valence-electron chi connectivity index (χ4n) is 1.65. The molecule has 1 amide bonds. The maximum Gasteiger partial charge on any atom is 0.256 e. The van der Waals surface area contributed by atoms with Crippen molar-refractivity contribution in [3.63, 3.8) is 0 Å². The second-order valence-electron chi connectivity index (χ2n) is 4.14. The summed E-state index contributed by atoms with van der Waals surface area (Å²) in [5.74, 6) is -0.992. The van der Waals surface area contributed by atoms with Crippen LogP contribution in [-0.2, 0) is 0 Å². The molecule has 0 spiro atoms. The predicted molar refractivity (Wildman–Crippen MR) is 88.3 cm³/mol. The highest BCUT2D eigenvalue weighted by Crippen LogP contribution is 2.28. The Labute approximate surface area is 139 Å². The van der Waals surface area contributed by atoms with Crippen molar-refractivity contribution in [2.45, 2.75) is 6.92 Å². The van der Waals surface area contributed by atoms with E-state index in [2.05, 4.69) is 27.9 Å². The van der Waals surface area contributed by atoms with Crippen molar-refractivity contribution in [3.8, 4) is 0 Å². The molecule has 2 rings (SSSR count). The van der Waals surface area contributed by atoms with Gasteiger partial charge in [0, 0.05) is 9.26 Å². The molecule has 0 saturated carbocycles. The molecule has 1 N–H and O–H groups in total. The van der Waals surface area contributed by atoms with Crippen LogP contribution < -0.4 is 5.32 Å². The van der Waals surface area contributed by atoms with E-state index in [4.69, 9.17) is 23.2 Å². The minimum Gasteiger partial charge on any atom is -0.322 e. The van der Waals surface area contributed by atoms with Crippen molar-refractivity contribution in [2.75, 3.05) is 5.32 Å². The number of carbonyl (C=O) groups is 1. The molecule has 6 heteroatoms. The molecule has 2 nitrogen and oxygen atoms in total. The van der Waals surface area contributed by atoms with Gasteiger partial charge in [0.25, 0.3) is 5.91 Å². The number of rotatable bonds is 2. The molecular weight excluding hydrogens is 415 g/mol. The summed E-state index contributed by atoms with van der Waals surface area (Å²) >= 11 is 13.5. The van der Waals surface area contributed by atoms with Gasteiger partial charge in [0.15, 0.2) is 5.82 Å². The van der Waals surface area contributed by atoms with Gasteiger partial charge in [-0.15, -0.1) is 0 Å². The zero-order valence-electron chi connectivity index (χ0n) is 10.3. The summed E-state index contributed by atoms with van der Waals surface area (Å²) in [6.07, 6.45) is 0. The normalized spacial score (nSPS) is 10.4. The molecule has 0 unspecified atom stereocenters. The van der Waals surface area contributed by atoms with E-state index in [9.17, 15) is 9.18 Å². The Hall–Kier alpha value is -0.850. The van der Waals surface area contributed by atoms with Crippen molar-refractivity contribution in [1.82, 2.24) is 0 Å². The van der Waals surface area contributed by atoms with Crippen LogP contribution in [0, 0.1) is 16.3 Å². The largest absolute Gasteiger partial charge is 0.322 e. The summed E-state index contributed by atoms with van der Waals surface area (Å²) in [5, 5.41) is 2.39. The lowest BCUT2D eigenvalue weighted by Crippen LogP contribution is -2.14. The van der Waals surface area contributed by atoms with E-state index >= 15 is 0 Å². The van der Waals surface area contributed by atoms with Gasteiger partial charge in [0.05, 0.1) is 15.6 Å². The minimum atomic E-state index is -0.698. The highest BCUT2D eigenvalue weighted by molar-refractivity contribution is 14.1. The van der Waals surface area contributed by atoms with Crippen LogP contribution >= 0.6 is 45.8 Å². The highest BCUT2D eigenvalue weighted by atomic mass is 127. The first-order valence-corrected chi connectivity index (χ1v) is 7.44. The molecule has 0 radical (unpaired) electrons. The van der Waals surface area contributed by atoms with Crippen LogP contribution in [-0.4, -0.2) is 5.91 Å². The van der Waals surface area contributed by atoms with Crippen LogP contribution in [0.3, 0.4) is 0 Å². The highest BCUT2D eigenvalue weighted by Gasteiger charge is 2.13. The van der Waals surface area contributed by atoms with Crippen molar-refractivity contribution in [3.05, 3.63) is 60.9 Å². The maximum absolute atomic E-state index is 13.3. The number of benzene rings is 2. The number of aryl methyl sites for hydroxylation is 1. The van der Waals surface area contributed by atoms with E-state index in [1.165, 1.54) is 12.1 Å². The molecule has 0 aliphatic carbocycles. The van der Waals surface area contributed by atoms with Crippen LogP contribution in [0.15, 0.2) is 30.3 Å². The van der Waals surface area contributed by atoms with Crippen LogP contribution in [0.1, 0.15) is 15.9 Å². The monoisotopic (exact) mass is 423 g/mol. The first-order valence-electron chi connectivity index (χ1n) is 5.61. The molecule has 0 atom stereocenters. The summed E-state index contributed by atoms with van der Waals surface area (Å²) in [6.45, 7) is 1.92. The zero-order chi connectivity index (χ0) is 14.9. The van der Waals surface area contributed by atoms with Gasteiger partial charge in [-0.2, -0.15) is 0 Å². The molecule has 20 heavy (non-hydrogen) atoms. The molecule has 0 fully saturated rings. The predicted octanol–water partition coefficient (Wildman–Crippen LogP) is 5.30. The second-order valence-corrected chi connectivity index (χ2v) is 6.04. The molecule has 0 aliphatic heterocycles. The van der Waals surface area contributed by atoms with Gasteiger partial charge in [-0.25, -0.2) is 4.39 Å². The number of hydrogen-bond acceptors (Lipinski definition) is 1. The Morgan fingerprint density at radius 3 is 2.45 bits per heavy atom. The van der Waals surface area contributed by atoms with Gasteiger partial charge in [0.1, 0.15) is 0 Å². The maximum atomic E-state index is 13.3. The quantitative estimate of drug-likeness (QED) is 0.515. The SMILES string of the molecule is Cc1cccc(C(=O)Nc2cc(Cl)c(F)c(Cl)c2)c1I. The standard InChI is InChI=1S/C14H9Cl2FINO/c1-7-3-2-4-9(13(7)18)14(20)19-8-5-10(15)12(17)11(16)6-8/h2-6H,1H3,(H,19,20). The van der Waals surface area contributed by atoms with Gasteiger partial charge in [0.2, 0.25) is 0 Å². The van der Waals surface area contributed by atoms with Crippen molar-refractivity contribution in [1.29, 1.82) is 0 Å². The first-order chi connectivity index (χ1) is 9.40. The fourth-order valence-corrected chi connectivity index (χ4v) is 2.74. The first kappa shape index (κ1) is 15.5. The van der Waals surface area contributed by atoms with Crippen LogP contribution in [0.4, 0.5) is 10.1 Å². The van der Waals surface area contributed by atoms with Crippen molar-refractivity contribution >= 4 is 57.4 Å². The topological polar surface area (TPSA) is 29.1 Å². The van der Waals surface area contributed by atoms with E-state index in [1.54, 1.807) is 12.1 Å². The molecule has 0 bridgehead atoms. The van der Waals surface area contributed by atoms with Gasteiger partial charge in [-0.3, -0.25) is 4.79 Å². The van der Waals surface area contributed by atoms with E-state index < -0.39 is 5.82 Å². The third-order valence-electron chi connectivity index (χ3n) is 2.68.